The number of aliphatic hydroxyl groups is 1. The second-order valence-corrected chi connectivity index (χ2v) is 10.1. The number of hydrogen-bond donors (Lipinski definition) is 1. The van der Waals surface area contributed by atoms with Gasteiger partial charge in [-0.3, -0.25) is 13.5 Å². The summed E-state index contributed by atoms with van der Waals surface area (Å²) in [6, 6.07) is 13.6. The summed E-state index contributed by atoms with van der Waals surface area (Å²) in [5.74, 6) is -1.64. The normalized spacial score (nSPS) is 22.7. The van der Waals surface area contributed by atoms with Crippen LogP contribution in [-0.4, -0.2) is 45.1 Å². The van der Waals surface area contributed by atoms with E-state index in [2.05, 4.69) is 19.1 Å². The van der Waals surface area contributed by atoms with E-state index in [0.29, 0.717) is 11.0 Å². The summed E-state index contributed by atoms with van der Waals surface area (Å²) in [4.78, 5) is 40.0. The zero-order valence-corrected chi connectivity index (χ0v) is 20.3. The number of methoxy groups -OCH3 is 1. The minimum absolute atomic E-state index is 0.132. The predicted molar refractivity (Wildman–Crippen MR) is 130 cm³/mol. The van der Waals surface area contributed by atoms with Crippen molar-refractivity contribution in [2.24, 2.45) is 11.8 Å². The molecule has 4 atom stereocenters. The number of fused-ring (bicyclic) bond motifs is 2. The number of hydrogen-bond acceptors (Lipinski definition) is 6. The average molecular weight is 479 g/mol. The number of aliphatic hydroxyl groups excluding tert-OH is 1. The molecule has 3 heterocycles. The molecule has 0 bridgehead atoms. The van der Waals surface area contributed by atoms with Crippen LogP contribution in [-0.2, 0) is 20.9 Å². The van der Waals surface area contributed by atoms with Crippen molar-refractivity contribution >= 4 is 33.5 Å². The molecule has 1 aromatic heterocycles. The Morgan fingerprint density at radius 3 is 2.62 bits per heavy atom. The van der Waals surface area contributed by atoms with Crippen LogP contribution in [0.5, 0.6) is 0 Å². The summed E-state index contributed by atoms with van der Waals surface area (Å²) >= 11 is 1.34. The van der Waals surface area contributed by atoms with Crippen LogP contribution in [0.3, 0.4) is 0 Å². The molecular weight excluding hydrogens is 452 g/mol. The van der Waals surface area contributed by atoms with Gasteiger partial charge in [0.1, 0.15) is 5.70 Å². The zero-order chi connectivity index (χ0) is 24.3. The van der Waals surface area contributed by atoms with Gasteiger partial charge in [0.2, 0.25) is 5.91 Å². The number of benzene rings is 2. The molecule has 0 radical (unpaired) electrons. The van der Waals surface area contributed by atoms with E-state index in [-0.39, 0.29) is 35.7 Å². The Morgan fingerprint density at radius 2 is 1.94 bits per heavy atom. The number of carbonyl (C=O) groups is 2. The summed E-state index contributed by atoms with van der Waals surface area (Å²) in [6.45, 7) is 5.77. The van der Waals surface area contributed by atoms with Gasteiger partial charge >= 0.3 is 5.97 Å². The van der Waals surface area contributed by atoms with Crippen molar-refractivity contribution in [3.8, 4) is 11.1 Å². The van der Waals surface area contributed by atoms with Crippen molar-refractivity contribution in [1.82, 2.24) is 8.86 Å². The molecule has 2 aromatic carbocycles. The quantitative estimate of drug-likeness (QED) is 0.449. The Kier molecular flexibility index (Phi) is 5.45. The van der Waals surface area contributed by atoms with Crippen LogP contribution in [0.4, 0.5) is 0 Å². The second kappa shape index (κ2) is 8.21. The third kappa shape index (κ3) is 3.24. The Labute approximate surface area is 201 Å². The molecule has 1 N–H and O–H groups in total. The monoisotopic (exact) mass is 478 g/mol. The fourth-order valence-electron chi connectivity index (χ4n) is 5.33. The highest BCUT2D eigenvalue weighted by Crippen LogP contribution is 2.47. The van der Waals surface area contributed by atoms with E-state index < -0.39 is 18.0 Å². The average Bonchev–Trinajstić information content (AvgIpc) is 3.25. The molecule has 0 saturated carbocycles. The summed E-state index contributed by atoms with van der Waals surface area (Å²) in [5.41, 5.74) is 4.06. The molecule has 3 aromatic rings. The first-order valence-corrected chi connectivity index (χ1v) is 12.0. The van der Waals surface area contributed by atoms with E-state index in [1.807, 2.05) is 37.3 Å². The molecule has 0 aliphatic carbocycles. The molecule has 2 aliphatic heterocycles. The molecule has 1 amide bonds. The molecule has 5 rings (SSSR count). The Balaban J connectivity index is 1.55. The van der Waals surface area contributed by atoms with Gasteiger partial charge in [0.05, 0.1) is 41.8 Å². The van der Waals surface area contributed by atoms with Crippen LogP contribution in [0.1, 0.15) is 19.4 Å². The standard InChI is InChI=1S/C26H26N2O5S/c1-13-7-5-6-8-17(13)16-9-10-18-20(11-16)34-27(24(18)30)12-19-14(2)22-21(15(3)29)25(31)28(22)23(19)26(32)33-4/h5-11,14-15,21-22,29H,12H2,1-4H3/t14-,15?,21?,22?/m0/s1. The highest BCUT2D eigenvalue weighted by Gasteiger charge is 2.59. The van der Waals surface area contributed by atoms with Gasteiger partial charge in [-0.1, -0.05) is 48.8 Å². The summed E-state index contributed by atoms with van der Waals surface area (Å²) < 4.78 is 7.47. The maximum absolute atomic E-state index is 13.2. The number of nitrogens with zero attached hydrogens (tertiary/aromatic N) is 2. The topological polar surface area (TPSA) is 88.8 Å². The van der Waals surface area contributed by atoms with Gasteiger partial charge in [0.25, 0.3) is 5.56 Å². The number of aryl methyl sites for hydroxylation is 1. The first kappa shape index (κ1) is 22.6. The first-order valence-electron chi connectivity index (χ1n) is 11.3. The van der Waals surface area contributed by atoms with Crippen molar-refractivity contribution in [3.05, 3.63) is 69.7 Å². The smallest absolute Gasteiger partial charge is 0.354 e. The van der Waals surface area contributed by atoms with Crippen molar-refractivity contribution in [1.29, 1.82) is 0 Å². The lowest BCUT2D eigenvalue weighted by Crippen LogP contribution is -2.63. The lowest BCUT2D eigenvalue weighted by atomic mass is 9.78. The molecule has 2 aliphatic rings. The molecule has 7 nitrogen and oxygen atoms in total. The number of rotatable bonds is 5. The molecule has 0 spiro atoms. The lowest BCUT2D eigenvalue weighted by molar-refractivity contribution is -0.163. The van der Waals surface area contributed by atoms with Gasteiger partial charge in [-0.25, -0.2) is 4.79 Å². The molecule has 1 saturated heterocycles. The first-order chi connectivity index (χ1) is 16.2. The summed E-state index contributed by atoms with van der Waals surface area (Å²) in [5, 5.41) is 10.7. The van der Waals surface area contributed by atoms with Crippen LogP contribution in [0.25, 0.3) is 21.2 Å². The van der Waals surface area contributed by atoms with Crippen molar-refractivity contribution in [2.75, 3.05) is 7.11 Å². The summed E-state index contributed by atoms with van der Waals surface area (Å²) in [6.07, 6.45) is -0.818. The van der Waals surface area contributed by atoms with Crippen molar-refractivity contribution in [3.63, 3.8) is 0 Å². The molecule has 3 unspecified atom stereocenters. The van der Waals surface area contributed by atoms with Crippen molar-refractivity contribution in [2.45, 2.75) is 39.5 Å². The van der Waals surface area contributed by atoms with E-state index >= 15 is 0 Å². The fraction of sp³-hybridized carbons (Fsp3) is 0.346. The van der Waals surface area contributed by atoms with Gasteiger partial charge < -0.3 is 14.7 Å². The molecule has 34 heavy (non-hydrogen) atoms. The van der Waals surface area contributed by atoms with E-state index in [9.17, 15) is 19.5 Å². The minimum Gasteiger partial charge on any atom is -0.464 e. The van der Waals surface area contributed by atoms with Gasteiger partial charge in [0, 0.05) is 5.92 Å². The van der Waals surface area contributed by atoms with Crippen LogP contribution in [0.15, 0.2) is 58.5 Å². The van der Waals surface area contributed by atoms with E-state index in [4.69, 9.17) is 4.74 Å². The van der Waals surface area contributed by atoms with Gasteiger partial charge in [0.15, 0.2) is 0 Å². The van der Waals surface area contributed by atoms with E-state index in [1.165, 1.54) is 23.5 Å². The largest absolute Gasteiger partial charge is 0.464 e. The van der Waals surface area contributed by atoms with Crippen LogP contribution < -0.4 is 5.56 Å². The molecular formula is C26H26N2O5S. The number of carbonyl (C=O) groups excluding carboxylic acids is 2. The molecule has 1 fully saturated rings. The lowest BCUT2D eigenvalue weighted by Gasteiger charge is -2.46. The van der Waals surface area contributed by atoms with E-state index in [0.717, 1.165) is 21.4 Å². The van der Waals surface area contributed by atoms with Crippen LogP contribution in [0, 0.1) is 18.8 Å². The van der Waals surface area contributed by atoms with Crippen LogP contribution >= 0.6 is 11.5 Å². The summed E-state index contributed by atoms with van der Waals surface area (Å²) in [7, 11) is 1.28. The number of β-lactam (4-membered cyclic amide) rings is 1. The fourth-order valence-corrected chi connectivity index (χ4v) is 6.39. The third-order valence-corrected chi connectivity index (χ3v) is 8.16. The molecule has 8 heteroatoms. The van der Waals surface area contributed by atoms with E-state index in [1.54, 1.807) is 10.9 Å². The Hall–Kier alpha value is -3.23. The number of ether oxygens (including phenoxy) is 1. The predicted octanol–water partition coefficient (Wildman–Crippen LogP) is 3.32. The highest BCUT2D eigenvalue weighted by atomic mass is 32.1. The highest BCUT2D eigenvalue weighted by molar-refractivity contribution is 7.13. The third-order valence-electron chi connectivity index (χ3n) is 7.11. The van der Waals surface area contributed by atoms with Crippen molar-refractivity contribution < 1.29 is 19.4 Å². The van der Waals surface area contributed by atoms with Gasteiger partial charge in [-0.05, 0) is 48.2 Å². The maximum atomic E-state index is 13.2. The SMILES string of the molecule is COC(=O)C1=C(Cn2sc3cc(-c4ccccc4C)ccc3c2=O)[C@H](C)C2C(C(C)O)C(=O)N12. The Bertz CT molecular complexity index is 1420. The Morgan fingerprint density at radius 1 is 1.21 bits per heavy atom. The zero-order valence-electron chi connectivity index (χ0n) is 19.4. The number of aromatic nitrogens is 1. The molecule has 176 valence electrons. The van der Waals surface area contributed by atoms with Gasteiger partial charge in [-0.15, -0.1) is 0 Å². The van der Waals surface area contributed by atoms with Crippen LogP contribution in [0.2, 0.25) is 0 Å². The maximum Gasteiger partial charge on any atom is 0.354 e. The number of amides is 1. The van der Waals surface area contributed by atoms with Gasteiger partial charge in [-0.2, -0.15) is 0 Å². The second-order valence-electron chi connectivity index (χ2n) is 9.08. The minimum atomic E-state index is -0.818. The number of esters is 1.